The van der Waals surface area contributed by atoms with Crippen molar-refractivity contribution < 1.29 is 18.4 Å². The molecule has 0 radical (unpaired) electrons. The second-order valence-electron chi connectivity index (χ2n) is 8.60. The van der Waals surface area contributed by atoms with Gasteiger partial charge < -0.3 is 9.73 Å². The van der Waals surface area contributed by atoms with Crippen molar-refractivity contribution in [1.82, 2.24) is 25.5 Å². The summed E-state index contributed by atoms with van der Waals surface area (Å²) < 4.78 is 20.7. The zero-order chi connectivity index (χ0) is 24.3. The van der Waals surface area contributed by atoms with Gasteiger partial charge in [0.1, 0.15) is 24.2 Å². The average molecular weight is 477 g/mol. The van der Waals surface area contributed by atoms with Crippen molar-refractivity contribution in [3.05, 3.63) is 46.9 Å². The Morgan fingerprint density at radius 3 is 2.58 bits per heavy atom. The summed E-state index contributed by atoms with van der Waals surface area (Å²) in [7, 11) is 0. The molecule has 0 spiro atoms. The molecule has 33 heavy (non-hydrogen) atoms. The van der Waals surface area contributed by atoms with Gasteiger partial charge in [0.05, 0.1) is 5.02 Å². The highest BCUT2D eigenvalue weighted by molar-refractivity contribution is 6.31. The fraction of sp³-hybridized carbons (Fsp3) is 0.409. The number of rotatable bonds is 7. The third-order valence-corrected chi connectivity index (χ3v) is 5.02. The molecule has 0 aliphatic heterocycles. The summed E-state index contributed by atoms with van der Waals surface area (Å²) in [6.45, 7) is 8.82. The number of tetrazole rings is 1. The van der Waals surface area contributed by atoms with Crippen LogP contribution in [0.2, 0.25) is 5.02 Å². The molecule has 3 aromatic rings. The zero-order valence-corrected chi connectivity index (χ0v) is 19.9. The largest absolute Gasteiger partial charge is 0.458 e. The van der Waals surface area contributed by atoms with E-state index in [4.69, 9.17) is 16.0 Å². The van der Waals surface area contributed by atoms with Gasteiger partial charge in [0.25, 0.3) is 0 Å². The normalized spacial score (nSPS) is 12.5. The van der Waals surface area contributed by atoms with Crippen LogP contribution >= 0.6 is 11.6 Å². The summed E-state index contributed by atoms with van der Waals surface area (Å²) in [6, 6.07) is 6.46. The molecule has 1 aromatic carbocycles. The number of carbonyl (C=O) groups is 2. The Morgan fingerprint density at radius 1 is 1.27 bits per heavy atom. The fourth-order valence-corrected chi connectivity index (χ4v) is 3.49. The highest BCUT2D eigenvalue weighted by Gasteiger charge is 2.33. The van der Waals surface area contributed by atoms with Crippen LogP contribution in [-0.4, -0.2) is 43.6 Å². The van der Waals surface area contributed by atoms with Gasteiger partial charge in [0.15, 0.2) is 5.76 Å². The van der Waals surface area contributed by atoms with E-state index in [0.717, 1.165) is 6.07 Å². The van der Waals surface area contributed by atoms with Gasteiger partial charge >= 0.3 is 0 Å². The van der Waals surface area contributed by atoms with Crippen LogP contribution in [0.15, 0.2) is 34.7 Å². The lowest BCUT2D eigenvalue weighted by Crippen LogP contribution is -2.54. The molecule has 2 aromatic heterocycles. The van der Waals surface area contributed by atoms with Crippen LogP contribution in [0, 0.1) is 12.7 Å². The monoisotopic (exact) mass is 476 g/mol. The van der Waals surface area contributed by atoms with Crippen molar-refractivity contribution >= 4 is 29.1 Å². The lowest BCUT2D eigenvalue weighted by atomic mass is 10.1. The molecule has 176 valence electrons. The molecule has 0 unspecified atom stereocenters. The molecule has 0 saturated carbocycles. The first kappa shape index (κ1) is 24.4. The van der Waals surface area contributed by atoms with E-state index in [0.29, 0.717) is 17.9 Å². The number of nitrogens with one attached hydrogen (secondary N) is 1. The number of hydrogen-bond donors (Lipinski definition) is 1. The molecule has 11 heteroatoms. The maximum absolute atomic E-state index is 13.8. The summed E-state index contributed by atoms with van der Waals surface area (Å²) in [5.74, 6) is -0.128. The minimum absolute atomic E-state index is 0.162. The Kier molecular flexibility index (Phi) is 7.16. The van der Waals surface area contributed by atoms with Crippen LogP contribution in [0.25, 0.3) is 11.6 Å². The third kappa shape index (κ3) is 5.75. The quantitative estimate of drug-likeness (QED) is 0.556. The predicted octanol–water partition coefficient (Wildman–Crippen LogP) is 3.76. The summed E-state index contributed by atoms with van der Waals surface area (Å²) in [6.07, 6.45) is 0.308. The third-order valence-electron chi connectivity index (χ3n) is 4.73. The van der Waals surface area contributed by atoms with Gasteiger partial charge in [-0.25, -0.2) is 9.07 Å². The molecular formula is C22H26ClFN6O3. The van der Waals surface area contributed by atoms with Crippen LogP contribution in [0.3, 0.4) is 0 Å². The van der Waals surface area contributed by atoms with Crippen molar-refractivity contribution in [2.45, 2.75) is 59.2 Å². The van der Waals surface area contributed by atoms with Gasteiger partial charge in [-0.3, -0.25) is 14.5 Å². The maximum atomic E-state index is 13.8. The average Bonchev–Trinajstić information content (AvgIpc) is 3.35. The van der Waals surface area contributed by atoms with E-state index >= 15 is 0 Å². The van der Waals surface area contributed by atoms with Crippen molar-refractivity contribution in [1.29, 1.82) is 0 Å². The van der Waals surface area contributed by atoms with Gasteiger partial charge in [0, 0.05) is 11.2 Å². The Hall–Kier alpha value is -3.27. The maximum Gasteiger partial charge on any atom is 0.249 e. The summed E-state index contributed by atoms with van der Waals surface area (Å²) >= 11 is 5.98. The minimum Gasteiger partial charge on any atom is -0.458 e. The van der Waals surface area contributed by atoms with E-state index in [1.165, 1.54) is 21.7 Å². The highest BCUT2D eigenvalue weighted by Crippen LogP contribution is 2.27. The van der Waals surface area contributed by atoms with E-state index in [9.17, 15) is 14.0 Å². The van der Waals surface area contributed by atoms with Crippen LogP contribution < -0.4 is 10.2 Å². The Bertz CT molecular complexity index is 1150. The molecule has 0 aliphatic rings. The van der Waals surface area contributed by atoms with Gasteiger partial charge in [-0.2, -0.15) is 0 Å². The van der Waals surface area contributed by atoms with Crippen LogP contribution in [0.5, 0.6) is 0 Å². The van der Waals surface area contributed by atoms with Crippen LogP contribution in [0.1, 0.15) is 39.9 Å². The van der Waals surface area contributed by atoms with E-state index in [2.05, 4.69) is 20.8 Å². The SMILES string of the molecule is CC[C@@H](C(=O)NC(C)(C)C)N(C(=O)Cn1nnnc1-c1ccc(C)o1)c1ccc(F)c(Cl)c1. The molecule has 3 rings (SSSR count). The van der Waals surface area contributed by atoms with E-state index < -0.39 is 23.3 Å². The number of benzene rings is 1. The molecule has 2 amide bonds. The van der Waals surface area contributed by atoms with Crippen molar-refractivity contribution in [3.63, 3.8) is 0 Å². The molecule has 0 bridgehead atoms. The van der Waals surface area contributed by atoms with Gasteiger partial charge in [-0.05, 0) is 74.9 Å². The molecular weight excluding hydrogens is 451 g/mol. The molecule has 0 saturated heterocycles. The first-order valence-electron chi connectivity index (χ1n) is 10.4. The Balaban J connectivity index is 1.99. The fourth-order valence-electron chi connectivity index (χ4n) is 3.32. The molecule has 0 fully saturated rings. The Labute approximate surface area is 195 Å². The summed E-state index contributed by atoms with van der Waals surface area (Å²) in [5.41, 5.74) is -0.231. The molecule has 1 N–H and O–H groups in total. The first-order valence-corrected chi connectivity index (χ1v) is 10.8. The van der Waals surface area contributed by atoms with Crippen molar-refractivity contribution in [2.24, 2.45) is 0 Å². The Morgan fingerprint density at radius 2 is 2.00 bits per heavy atom. The molecule has 2 heterocycles. The number of aryl methyl sites for hydroxylation is 1. The summed E-state index contributed by atoms with van der Waals surface area (Å²) in [5, 5.41) is 14.2. The van der Waals surface area contributed by atoms with Gasteiger partial charge in [-0.15, -0.1) is 5.10 Å². The lowest BCUT2D eigenvalue weighted by Gasteiger charge is -2.33. The lowest BCUT2D eigenvalue weighted by molar-refractivity contribution is -0.127. The second-order valence-corrected chi connectivity index (χ2v) is 9.00. The molecule has 1 atom stereocenters. The van der Waals surface area contributed by atoms with E-state index in [-0.39, 0.29) is 29.0 Å². The molecule has 0 aliphatic carbocycles. The number of amides is 2. The van der Waals surface area contributed by atoms with Crippen LogP contribution in [0.4, 0.5) is 10.1 Å². The predicted molar refractivity (Wildman–Crippen MR) is 121 cm³/mol. The van der Waals surface area contributed by atoms with E-state index in [1.807, 2.05) is 20.8 Å². The van der Waals surface area contributed by atoms with Gasteiger partial charge in [0.2, 0.25) is 17.6 Å². The molecule has 9 nitrogen and oxygen atoms in total. The number of nitrogens with zero attached hydrogens (tertiary/aromatic N) is 5. The van der Waals surface area contributed by atoms with Gasteiger partial charge in [-0.1, -0.05) is 18.5 Å². The first-order chi connectivity index (χ1) is 15.5. The highest BCUT2D eigenvalue weighted by atomic mass is 35.5. The minimum atomic E-state index is -0.871. The second kappa shape index (κ2) is 9.70. The topological polar surface area (TPSA) is 106 Å². The standard InChI is InChI=1S/C22H26ClFN6O3/c1-6-17(21(32)25-22(3,4)5)30(14-8-9-16(24)15(23)11-14)19(31)12-29-20(26-27-28-29)18-10-7-13(2)33-18/h7-11,17H,6,12H2,1-5H3,(H,25,32)/t17-/m0/s1. The number of aromatic nitrogens is 4. The van der Waals surface area contributed by atoms with Crippen molar-refractivity contribution in [3.8, 4) is 11.6 Å². The number of furan rings is 1. The van der Waals surface area contributed by atoms with Crippen LogP contribution in [-0.2, 0) is 16.1 Å². The number of carbonyl (C=O) groups excluding carboxylic acids is 2. The zero-order valence-electron chi connectivity index (χ0n) is 19.1. The number of hydrogen-bond acceptors (Lipinski definition) is 6. The number of anilines is 1. The smallest absolute Gasteiger partial charge is 0.249 e. The number of halogens is 2. The van der Waals surface area contributed by atoms with Crippen molar-refractivity contribution in [2.75, 3.05) is 4.90 Å². The van der Waals surface area contributed by atoms with E-state index in [1.54, 1.807) is 26.0 Å². The summed E-state index contributed by atoms with van der Waals surface area (Å²) in [4.78, 5) is 27.9.